The second-order valence-electron chi connectivity index (χ2n) is 5.75. The van der Waals surface area contributed by atoms with E-state index in [0.717, 1.165) is 23.5 Å². The summed E-state index contributed by atoms with van der Waals surface area (Å²) in [7, 11) is 3.96. The predicted octanol–water partition coefficient (Wildman–Crippen LogP) is 2.84. The Bertz CT molecular complexity index is 627. The molecule has 1 aromatic carbocycles. The normalized spacial score (nSPS) is 10.9. The Morgan fingerprint density at radius 2 is 1.90 bits per heavy atom. The third kappa shape index (κ3) is 3.42. The van der Waals surface area contributed by atoms with Gasteiger partial charge in [0.2, 0.25) is 0 Å². The Kier molecular flexibility index (Phi) is 4.31. The van der Waals surface area contributed by atoms with Crippen LogP contribution in [0.3, 0.4) is 0 Å². The van der Waals surface area contributed by atoms with Gasteiger partial charge in [-0.1, -0.05) is 13.8 Å². The van der Waals surface area contributed by atoms with Crippen molar-refractivity contribution in [3.05, 3.63) is 41.7 Å². The first-order valence-corrected chi connectivity index (χ1v) is 6.98. The van der Waals surface area contributed by atoms with Crippen molar-refractivity contribution < 1.29 is 9.90 Å². The molecule has 2 aromatic rings. The smallest absolute Gasteiger partial charge is 0.356 e. The monoisotopic (exact) mass is 287 g/mol. The van der Waals surface area contributed by atoms with Crippen molar-refractivity contribution >= 4 is 11.7 Å². The Morgan fingerprint density at radius 1 is 1.29 bits per heavy atom. The van der Waals surface area contributed by atoms with Gasteiger partial charge in [-0.2, -0.15) is 5.10 Å². The lowest BCUT2D eigenvalue weighted by Gasteiger charge is -2.14. The molecule has 5 heteroatoms. The zero-order chi connectivity index (χ0) is 15.6. The molecule has 0 unspecified atom stereocenters. The average Bonchev–Trinajstić information content (AvgIpc) is 2.82. The van der Waals surface area contributed by atoms with E-state index in [1.165, 1.54) is 0 Å². The molecule has 21 heavy (non-hydrogen) atoms. The van der Waals surface area contributed by atoms with Gasteiger partial charge in [-0.15, -0.1) is 0 Å². The molecule has 0 saturated carbocycles. The van der Waals surface area contributed by atoms with Crippen LogP contribution in [0.4, 0.5) is 5.69 Å². The molecular weight excluding hydrogens is 266 g/mol. The van der Waals surface area contributed by atoms with Gasteiger partial charge in [0.25, 0.3) is 0 Å². The molecule has 0 amide bonds. The molecule has 1 heterocycles. The van der Waals surface area contributed by atoms with Gasteiger partial charge in [-0.25, -0.2) is 9.48 Å². The van der Waals surface area contributed by atoms with Crippen LogP contribution >= 0.6 is 0 Å². The summed E-state index contributed by atoms with van der Waals surface area (Å²) in [5.41, 5.74) is 2.97. The van der Waals surface area contributed by atoms with Gasteiger partial charge in [-0.05, 0) is 42.7 Å². The van der Waals surface area contributed by atoms with Gasteiger partial charge in [0.05, 0.1) is 5.69 Å². The summed E-state index contributed by atoms with van der Waals surface area (Å²) in [4.78, 5) is 13.2. The van der Waals surface area contributed by atoms with Crippen LogP contribution in [-0.4, -0.2) is 35.0 Å². The number of benzene rings is 1. The molecule has 2 rings (SSSR count). The molecule has 0 fully saturated rings. The zero-order valence-corrected chi connectivity index (χ0v) is 12.9. The number of aromatic nitrogens is 2. The van der Waals surface area contributed by atoms with Crippen LogP contribution in [0.5, 0.6) is 0 Å². The van der Waals surface area contributed by atoms with Crippen molar-refractivity contribution in [1.29, 1.82) is 0 Å². The van der Waals surface area contributed by atoms with Crippen LogP contribution in [0, 0.1) is 5.92 Å². The highest BCUT2D eigenvalue weighted by molar-refractivity contribution is 5.85. The molecular formula is C16H21N3O2. The third-order valence-electron chi connectivity index (χ3n) is 3.23. The first kappa shape index (κ1) is 15.1. The van der Waals surface area contributed by atoms with Crippen molar-refractivity contribution in [2.75, 3.05) is 19.0 Å². The fourth-order valence-corrected chi connectivity index (χ4v) is 2.20. The predicted molar refractivity (Wildman–Crippen MR) is 83.4 cm³/mol. The van der Waals surface area contributed by atoms with Crippen molar-refractivity contribution in [3.8, 4) is 5.69 Å². The lowest BCUT2D eigenvalue weighted by molar-refractivity contribution is 0.0690. The summed E-state index contributed by atoms with van der Waals surface area (Å²) in [5.74, 6) is -0.563. The third-order valence-corrected chi connectivity index (χ3v) is 3.23. The van der Waals surface area contributed by atoms with E-state index in [2.05, 4.69) is 18.9 Å². The largest absolute Gasteiger partial charge is 0.476 e. The van der Waals surface area contributed by atoms with E-state index in [9.17, 15) is 4.79 Å². The molecule has 112 valence electrons. The van der Waals surface area contributed by atoms with Crippen LogP contribution < -0.4 is 4.90 Å². The van der Waals surface area contributed by atoms with E-state index in [1.807, 2.05) is 43.3 Å². The number of aromatic carboxylic acids is 1. The lowest BCUT2D eigenvalue weighted by Crippen LogP contribution is -2.09. The minimum absolute atomic E-state index is 0.0855. The van der Waals surface area contributed by atoms with Crippen LogP contribution in [-0.2, 0) is 6.42 Å². The summed E-state index contributed by atoms with van der Waals surface area (Å²) in [6.45, 7) is 4.21. The minimum Gasteiger partial charge on any atom is -0.476 e. The second-order valence-corrected chi connectivity index (χ2v) is 5.75. The fourth-order valence-electron chi connectivity index (χ4n) is 2.20. The number of carboxylic acid groups (broad SMARTS) is 1. The standard InChI is InChI=1S/C16H21N3O2/c1-11(2)9-14-10-15(16(20)21)17-19(14)13-7-5-12(6-8-13)18(3)4/h5-8,10-11H,9H2,1-4H3,(H,20,21). The Hall–Kier alpha value is -2.30. The highest BCUT2D eigenvalue weighted by Crippen LogP contribution is 2.19. The van der Waals surface area contributed by atoms with Crippen molar-refractivity contribution in [1.82, 2.24) is 9.78 Å². The van der Waals surface area contributed by atoms with Crippen LogP contribution in [0.2, 0.25) is 0 Å². The van der Waals surface area contributed by atoms with Gasteiger partial charge in [-0.3, -0.25) is 0 Å². The molecule has 0 aliphatic heterocycles. The Labute approximate surface area is 124 Å². The van der Waals surface area contributed by atoms with E-state index >= 15 is 0 Å². The molecule has 0 aliphatic carbocycles. The number of anilines is 1. The fraction of sp³-hybridized carbons (Fsp3) is 0.375. The van der Waals surface area contributed by atoms with Gasteiger partial charge in [0, 0.05) is 25.5 Å². The van der Waals surface area contributed by atoms with E-state index < -0.39 is 5.97 Å². The first-order chi connectivity index (χ1) is 9.88. The first-order valence-electron chi connectivity index (χ1n) is 6.98. The van der Waals surface area contributed by atoms with E-state index in [0.29, 0.717) is 5.92 Å². The van der Waals surface area contributed by atoms with Crippen LogP contribution in [0.15, 0.2) is 30.3 Å². The second kappa shape index (κ2) is 5.99. The maximum absolute atomic E-state index is 11.1. The number of nitrogens with zero attached hydrogens (tertiary/aromatic N) is 3. The van der Waals surface area contributed by atoms with Gasteiger partial charge >= 0.3 is 5.97 Å². The van der Waals surface area contributed by atoms with E-state index in [1.54, 1.807) is 10.7 Å². The van der Waals surface area contributed by atoms with Gasteiger partial charge in [0.1, 0.15) is 0 Å². The maximum atomic E-state index is 11.1. The number of carboxylic acids is 1. The Balaban J connectivity index is 2.43. The maximum Gasteiger partial charge on any atom is 0.356 e. The highest BCUT2D eigenvalue weighted by atomic mass is 16.4. The summed E-state index contributed by atoms with van der Waals surface area (Å²) in [6.07, 6.45) is 0.787. The quantitative estimate of drug-likeness (QED) is 0.918. The number of carbonyl (C=O) groups is 1. The van der Waals surface area contributed by atoms with Gasteiger partial charge in [0.15, 0.2) is 5.69 Å². The Morgan fingerprint density at radius 3 is 2.38 bits per heavy atom. The van der Waals surface area contributed by atoms with Crippen LogP contribution in [0.1, 0.15) is 30.0 Å². The summed E-state index contributed by atoms with van der Waals surface area (Å²) in [5, 5.41) is 13.3. The van der Waals surface area contributed by atoms with Crippen molar-refractivity contribution in [2.24, 2.45) is 5.92 Å². The molecule has 0 spiro atoms. The molecule has 0 radical (unpaired) electrons. The molecule has 0 aliphatic rings. The van der Waals surface area contributed by atoms with Crippen molar-refractivity contribution in [2.45, 2.75) is 20.3 Å². The SMILES string of the molecule is CC(C)Cc1cc(C(=O)O)nn1-c1ccc(N(C)C)cc1. The molecule has 0 bridgehead atoms. The summed E-state index contributed by atoms with van der Waals surface area (Å²) < 4.78 is 1.73. The van der Waals surface area contributed by atoms with E-state index in [-0.39, 0.29) is 5.69 Å². The number of rotatable bonds is 5. The average molecular weight is 287 g/mol. The minimum atomic E-state index is -0.997. The molecule has 1 N–H and O–H groups in total. The molecule has 5 nitrogen and oxygen atoms in total. The van der Waals surface area contributed by atoms with E-state index in [4.69, 9.17) is 5.11 Å². The highest BCUT2D eigenvalue weighted by Gasteiger charge is 2.15. The molecule has 0 saturated heterocycles. The summed E-state index contributed by atoms with van der Waals surface area (Å²) >= 11 is 0. The van der Waals surface area contributed by atoms with Crippen LogP contribution in [0.25, 0.3) is 5.69 Å². The van der Waals surface area contributed by atoms with Gasteiger partial charge < -0.3 is 10.0 Å². The number of hydrogen-bond donors (Lipinski definition) is 1. The molecule has 1 aromatic heterocycles. The topological polar surface area (TPSA) is 58.4 Å². The summed E-state index contributed by atoms with van der Waals surface area (Å²) in [6, 6.07) is 9.56. The molecule has 0 atom stereocenters. The lowest BCUT2D eigenvalue weighted by atomic mass is 10.1. The van der Waals surface area contributed by atoms with Crippen molar-refractivity contribution in [3.63, 3.8) is 0 Å². The number of hydrogen-bond acceptors (Lipinski definition) is 3. The zero-order valence-electron chi connectivity index (χ0n) is 12.9.